The van der Waals surface area contributed by atoms with Crippen LogP contribution in [0.5, 0.6) is 11.5 Å². The number of nitrogens with zero attached hydrogens (tertiary/aromatic N) is 3. The molecule has 1 aliphatic heterocycles. The van der Waals surface area contributed by atoms with Crippen LogP contribution in [0.25, 0.3) is 17.3 Å². The minimum absolute atomic E-state index is 0.0422. The van der Waals surface area contributed by atoms with Gasteiger partial charge in [0, 0.05) is 61.9 Å². The van der Waals surface area contributed by atoms with Crippen LogP contribution in [0.2, 0.25) is 0 Å². The molecule has 2 aliphatic rings. The number of unbranched alkanes of at least 4 members (excludes halogenated alkanes) is 1. The number of ether oxygens (including phenoxy) is 4. The molecule has 1 aromatic carbocycles. The molecule has 11 nitrogen and oxygen atoms in total. The van der Waals surface area contributed by atoms with Crippen LogP contribution in [-0.2, 0) is 27.4 Å². The molecule has 236 valence electrons. The summed E-state index contributed by atoms with van der Waals surface area (Å²) in [4.78, 5) is 28.7. The molecule has 0 saturated heterocycles. The van der Waals surface area contributed by atoms with Crippen molar-refractivity contribution < 1.29 is 38.7 Å². The molecule has 1 atom stereocenters. The first-order chi connectivity index (χ1) is 21.8. The predicted molar refractivity (Wildman–Crippen MR) is 166 cm³/mol. The van der Waals surface area contributed by atoms with Crippen molar-refractivity contribution in [1.29, 1.82) is 0 Å². The number of aliphatic carboxylic acids is 1. The zero-order chi connectivity index (χ0) is 32.0. The van der Waals surface area contributed by atoms with Gasteiger partial charge in [-0.25, -0.2) is 9.59 Å². The van der Waals surface area contributed by atoms with E-state index >= 15 is 0 Å². The topological polar surface area (TPSA) is 142 Å². The van der Waals surface area contributed by atoms with E-state index in [9.17, 15) is 19.8 Å². The van der Waals surface area contributed by atoms with E-state index in [1.807, 2.05) is 22.9 Å². The van der Waals surface area contributed by atoms with Crippen molar-refractivity contribution in [2.24, 2.45) is 0 Å². The maximum atomic E-state index is 12.7. The van der Waals surface area contributed by atoms with Crippen LogP contribution < -0.4 is 9.47 Å². The highest BCUT2D eigenvalue weighted by Gasteiger charge is 2.36. The first-order valence-corrected chi connectivity index (χ1v) is 14.8. The minimum atomic E-state index is -1.10. The quantitative estimate of drug-likeness (QED) is 0.210. The summed E-state index contributed by atoms with van der Waals surface area (Å²) in [5, 5.41) is 24.6. The van der Waals surface area contributed by atoms with Crippen molar-refractivity contribution in [3.63, 3.8) is 0 Å². The molecule has 0 radical (unpaired) electrons. The van der Waals surface area contributed by atoms with Gasteiger partial charge in [-0.3, -0.25) is 9.67 Å². The predicted octanol–water partition coefficient (Wildman–Crippen LogP) is 5.91. The smallest absolute Gasteiger partial charge is 0.337 e. The lowest BCUT2D eigenvalue weighted by Gasteiger charge is -2.32. The molecule has 45 heavy (non-hydrogen) atoms. The molecule has 3 aromatic rings. The van der Waals surface area contributed by atoms with Crippen LogP contribution in [0, 0.1) is 0 Å². The van der Waals surface area contributed by atoms with E-state index < -0.39 is 17.5 Å². The fourth-order valence-electron chi connectivity index (χ4n) is 5.65. The monoisotopic (exact) mass is 615 g/mol. The molecule has 2 N–H and O–H groups in total. The van der Waals surface area contributed by atoms with Crippen molar-refractivity contribution in [3.05, 3.63) is 88.6 Å². The maximum absolute atomic E-state index is 12.7. The van der Waals surface area contributed by atoms with Gasteiger partial charge in [0.25, 0.3) is 0 Å². The molecule has 5 rings (SSSR count). The van der Waals surface area contributed by atoms with E-state index in [-0.39, 0.29) is 29.9 Å². The number of aromatic nitrogens is 3. The summed E-state index contributed by atoms with van der Waals surface area (Å²) in [5.41, 5.74) is 2.67. The Morgan fingerprint density at radius 1 is 1.20 bits per heavy atom. The summed E-state index contributed by atoms with van der Waals surface area (Å²) < 4.78 is 25.1. The Balaban J connectivity index is 1.55. The Bertz CT molecular complexity index is 1670. The molecule has 0 spiro atoms. The zero-order valence-corrected chi connectivity index (χ0v) is 25.6. The number of aromatic carboxylic acids is 1. The molecule has 0 bridgehead atoms. The van der Waals surface area contributed by atoms with Crippen LogP contribution in [0.1, 0.15) is 60.6 Å². The van der Waals surface area contributed by atoms with Gasteiger partial charge in [0.2, 0.25) is 0 Å². The van der Waals surface area contributed by atoms with E-state index in [2.05, 4.69) is 17.0 Å². The summed E-state index contributed by atoms with van der Waals surface area (Å²) in [6.07, 6.45) is 11.8. The third kappa shape index (κ3) is 6.93. The Kier molecular flexibility index (Phi) is 9.68. The van der Waals surface area contributed by atoms with Gasteiger partial charge in [0.05, 0.1) is 42.5 Å². The number of carbonyl (C=O) groups is 2. The highest BCUT2D eigenvalue weighted by molar-refractivity contribution is 5.94. The summed E-state index contributed by atoms with van der Waals surface area (Å²) in [7, 11) is 3.14. The summed E-state index contributed by atoms with van der Waals surface area (Å²) in [5.74, 6) is -0.376. The van der Waals surface area contributed by atoms with Crippen LogP contribution in [0.4, 0.5) is 0 Å². The van der Waals surface area contributed by atoms with Gasteiger partial charge >= 0.3 is 11.9 Å². The lowest BCUT2D eigenvalue weighted by molar-refractivity contribution is -0.133. The van der Waals surface area contributed by atoms with Crippen LogP contribution in [-0.4, -0.2) is 63.3 Å². The van der Waals surface area contributed by atoms with E-state index in [0.717, 1.165) is 30.6 Å². The van der Waals surface area contributed by atoms with Gasteiger partial charge in [0.15, 0.2) is 0 Å². The molecule has 1 unspecified atom stereocenters. The van der Waals surface area contributed by atoms with Gasteiger partial charge in [-0.2, -0.15) is 5.10 Å². The highest BCUT2D eigenvalue weighted by atomic mass is 16.5. The van der Waals surface area contributed by atoms with Crippen molar-refractivity contribution in [1.82, 2.24) is 14.8 Å². The fourth-order valence-corrected chi connectivity index (χ4v) is 5.65. The molecule has 0 fully saturated rings. The number of aryl methyl sites for hydroxylation is 1. The second-order valence-corrected chi connectivity index (χ2v) is 11.0. The highest BCUT2D eigenvalue weighted by Crippen LogP contribution is 2.41. The number of allylic oxidation sites excluding steroid dienone is 1. The van der Waals surface area contributed by atoms with E-state index in [4.69, 9.17) is 18.9 Å². The van der Waals surface area contributed by atoms with Crippen LogP contribution >= 0.6 is 0 Å². The Labute approximate surface area is 261 Å². The van der Waals surface area contributed by atoms with Gasteiger partial charge in [-0.1, -0.05) is 13.3 Å². The number of benzene rings is 1. The number of methoxy groups -OCH3 is 2. The van der Waals surface area contributed by atoms with E-state index in [1.165, 1.54) is 12.3 Å². The summed E-state index contributed by atoms with van der Waals surface area (Å²) in [6.45, 7) is 3.18. The standard InChI is InChI=1S/C34H37N3O8/c1-4-5-14-37-31(27-9-8-25(42-2)17-30(27)45-21-28-26(33(40)41)7-6-13-35-28)24(20-36-37)16-23(32(38)39)19-34(43-3)12-10-29-22(18-34)11-15-44-29/h6-10,12-13,16-17,20H,4-5,11,14-15,18-19,21H2,1-3H3,(H,38,39)(H,40,41). The fraction of sp³-hybridized carbons (Fsp3) is 0.353. The average molecular weight is 616 g/mol. The molecule has 11 heteroatoms. The number of carboxylic acid groups (broad SMARTS) is 2. The molecule has 2 aromatic heterocycles. The van der Waals surface area contributed by atoms with E-state index in [0.29, 0.717) is 47.9 Å². The molecular weight excluding hydrogens is 578 g/mol. The SMILES string of the molecule is CCCCn1ncc(C=C(CC2(OC)C=CC3=C(CCO3)C2)C(=O)O)c1-c1ccc(OC)cc1OCc1ncccc1C(=O)O. The third-order valence-electron chi connectivity index (χ3n) is 8.08. The Morgan fingerprint density at radius 2 is 2.04 bits per heavy atom. The third-order valence-corrected chi connectivity index (χ3v) is 8.08. The van der Waals surface area contributed by atoms with Crippen molar-refractivity contribution in [2.75, 3.05) is 20.8 Å². The number of hydrogen-bond donors (Lipinski definition) is 2. The summed E-state index contributed by atoms with van der Waals surface area (Å²) >= 11 is 0. The molecule has 0 amide bonds. The van der Waals surface area contributed by atoms with Crippen LogP contribution in [0.15, 0.2) is 71.8 Å². The molecule has 1 aliphatic carbocycles. The number of carboxylic acids is 2. The van der Waals surface area contributed by atoms with Crippen LogP contribution in [0.3, 0.4) is 0 Å². The average Bonchev–Trinajstić information content (AvgIpc) is 3.68. The lowest BCUT2D eigenvalue weighted by atomic mass is 9.82. The van der Waals surface area contributed by atoms with Gasteiger partial charge in [-0.15, -0.1) is 0 Å². The van der Waals surface area contributed by atoms with Gasteiger partial charge in [-0.05, 0) is 54.5 Å². The van der Waals surface area contributed by atoms with E-state index in [1.54, 1.807) is 44.7 Å². The van der Waals surface area contributed by atoms with Gasteiger partial charge < -0.3 is 29.2 Å². The lowest BCUT2D eigenvalue weighted by Crippen LogP contribution is -2.33. The number of hydrogen-bond acceptors (Lipinski definition) is 8. The molecule has 3 heterocycles. The zero-order valence-electron chi connectivity index (χ0n) is 25.6. The minimum Gasteiger partial charge on any atom is -0.497 e. The normalized spacial score (nSPS) is 17.6. The second kappa shape index (κ2) is 13.8. The summed E-state index contributed by atoms with van der Waals surface area (Å²) in [6, 6.07) is 8.36. The largest absolute Gasteiger partial charge is 0.497 e. The van der Waals surface area contributed by atoms with Crippen molar-refractivity contribution >= 4 is 18.0 Å². The first kappa shape index (κ1) is 31.5. The first-order valence-electron chi connectivity index (χ1n) is 14.8. The van der Waals surface area contributed by atoms with Crippen molar-refractivity contribution in [2.45, 2.75) is 57.8 Å². The molecular formula is C34H37N3O8. The Morgan fingerprint density at radius 3 is 2.78 bits per heavy atom. The van der Waals surface area contributed by atoms with Gasteiger partial charge in [0.1, 0.15) is 23.9 Å². The second-order valence-electron chi connectivity index (χ2n) is 11.0. The Hall–Kier alpha value is -4.90. The van der Waals surface area contributed by atoms with Crippen molar-refractivity contribution in [3.8, 4) is 22.8 Å². The number of rotatable bonds is 14. The maximum Gasteiger partial charge on any atom is 0.337 e. The number of pyridine rings is 1. The molecule has 0 saturated carbocycles.